The number of nitrogens with two attached hydrogens (primary N) is 1. The van der Waals surface area contributed by atoms with Crippen LogP contribution in [0.25, 0.3) is 10.9 Å². The lowest BCUT2D eigenvalue weighted by molar-refractivity contribution is 0.970. The maximum Gasteiger partial charge on any atom is 0.221 e. The number of nitrogens with zero attached hydrogens (tertiary/aromatic N) is 4. The molecule has 0 amide bonds. The van der Waals surface area contributed by atoms with Crippen molar-refractivity contribution in [3.05, 3.63) is 30.1 Å². The number of aryl methyl sites for hydroxylation is 1. The molecule has 0 spiro atoms. The van der Waals surface area contributed by atoms with Gasteiger partial charge in [-0.2, -0.15) is 4.37 Å². The first kappa shape index (κ1) is 12.3. The Balaban J connectivity index is 2.04. The Morgan fingerprint density at radius 3 is 2.84 bits per heavy atom. The van der Waals surface area contributed by atoms with Crippen LogP contribution in [0.15, 0.2) is 33.6 Å². The van der Waals surface area contributed by atoms with Gasteiger partial charge < -0.3 is 5.73 Å². The van der Waals surface area contributed by atoms with E-state index in [-0.39, 0.29) is 5.95 Å². The van der Waals surface area contributed by atoms with Crippen molar-refractivity contribution in [1.82, 2.24) is 19.3 Å². The highest BCUT2D eigenvalue weighted by Crippen LogP contribution is 2.32. The highest BCUT2D eigenvalue weighted by molar-refractivity contribution is 8.01. The molecule has 0 radical (unpaired) electrons. The number of aromatic nitrogens is 4. The second-order valence-corrected chi connectivity index (χ2v) is 5.82. The first-order valence-electron chi connectivity index (χ1n) is 5.79. The van der Waals surface area contributed by atoms with Gasteiger partial charge in [0.15, 0.2) is 4.34 Å². The van der Waals surface area contributed by atoms with E-state index in [2.05, 4.69) is 19.3 Å². The van der Waals surface area contributed by atoms with Crippen molar-refractivity contribution in [2.75, 3.05) is 5.73 Å². The van der Waals surface area contributed by atoms with Crippen LogP contribution >= 0.6 is 23.3 Å². The fourth-order valence-corrected chi connectivity index (χ4v) is 3.38. The number of hydrogen-bond donors (Lipinski definition) is 1. The molecule has 0 unspecified atom stereocenters. The molecule has 0 aliphatic heterocycles. The lowest BCUT2D eigenvalue weighted by Gasteiger charge is -2.03. The minimum Gasteiger partial charge on any atom is -0.368 e. The summed E-state index contributed by atoms with van der Waals surface area (Å²) in [5, 5.41) is 1.80. The van der Waals surface area contributed by atoms with E-state index in [0.717, 1.165) is 32.5 Å². The van der Waals surface area contributed by atoms with Gasteiger partial charge in [-0.1, -0.05) is 25.1 Å². The van der Waals surface area contributed by atoms with Gasteiger partial charge in [-0.05, 0) is 29.4 Å². The maximum absolute atomic E-state index is 5.74. The van der Waals surface area contributed by atoms with Gasteiger partial charge in [0.05, 0.1) is 5.52 Å². The standard InChI is InChI=1S/C12H11N5S2/c1-2-9-15-12(19-17-9)18-10-7-5-3-4-6-8(7)14-11(13)16-10/h3-6H,2H2,1H3,(H2,13,14,16). The molecule has 1 aromatic carbocycles. The van der Waals surface area contributed by atoms with Gasteiger partial charge in [0.1, 0.15) is 10.9 Å². The van der Waals surface area contributed by atoms with E-state index in [1.807, 2.05) is 31.2 Å². The molecular formula is C12H11N5S2. The van der Waals surface area contributed by atoms with E-state index < -0.39 is 0 Å². The van der Waals surface area contributed by atoms with Gasteiger partial charge in [0.25, 0.3) is 0 Å². The summed E-state index contributed by atoms with van der Waals surface area (Å²) in [4.78, 5) is 12.9. The Morgan fingerprint density at radius 1 is 1.21 bits per heavy atom. The van der Waals surface area contributed by atoms with Crippen molar-refractivity contribution in [1.29, 1.82) is 0 Å². The summed E-state index contributed by atoms with van der Waals surface area (Å²) in [7, 11) is 0. The number of para-hydroxylation sites is 1. The quantitative estimate of drug-likeness (QED) is 0.747. The van der Waals surface area contributed by atoms with Gasteiger partial charge in [0, 0.05) is 11.8 Å². The molecular weight excluding hydrogens is 278 g/mol. The van der Waals surface area contributed by atoms with Crippen molar-refractivity contribution in [3.63, 3.8) is 0 Å². The molecule has 5 nitrogen and oxygen atoms in total. The number of nitrogen functional groups attached to an aromatic ring is 1. The zero-order chi connectivity index (χ0) is 13.2. The fourth-order valence-electron chi connectivity index (χ4n) is 1.65. The minimum atomic E-state index is 0.279. The lowest BCUT2D eigenvalue weighted by Crippen LogP contribution is -1.97. The van der Waals surface area contributed by atoms with Gasteiger partial charge in [-0.15, -0.1) is 0 Å². The Labute approximate surface area is 118 Å². The molecule has 0 bridgehead atoms. The van der Waals surface area contributed by atoms with E-state index in [9.17, 15) is 0 Å². The average Bonchev–Trinajstić information content (AvgIpc) is 2.86. The molecule has 19 heavy (non-hydrogen) atoms. The third-order valence-electron chi connectivity index (χ3n) is 2.54. The monoisotopic (exact) mass is 289 g/mol. The number of hydrogen-bond acceptors (Lipinski definition) is 7. The van der Waals surface area contributed by atoms with Crippen LogP contribution in [0.4, 0.5) is 5.95 Å². The first-order valence-corrected chi connectivity index (χ1v) is 7.38. The third-order valence-corrected chi connectivity index (χ3v) is 4.33. The first-order chi connectivity index (χ1) is 9.26. The summed E-state index contributed by atoms with van der Waals surface area (Å²) in [6.45, 7) is 2.04. The summed E-state index contributed by atoms with van der Waals surface area (Å²) in [5.41, 5.74) is 6.59. The fraction of sp³-hybridized carbons (Fsp3) is 0.167. The second-order valence-electron chi connectivity index (χ2n) is 3.84. The third kappa shape index (κ3) is 2.52. The van der Waals surface area contributed by atoms with Crippen molar-refractivity contribution >= 4 is 40.1 Å². The highest BCUT2D eigenvalue weighted by Gasteiger charge is 2.10. The van der Waals surface area contributed by atoms with E-state index in [0.29, 0.717) is 0 Å². The molecule has 96 valence electrons. The van der Waals surface area contributed by atoms with E-state index in [1.54, 1.807) is 0 Å². The Morgan fingerprint density at radius 2 is 2.05 bits per heavy atom. The highest BCUT2D eigenvalue weighted by atomic mass is 32.2. The number of anilines is 1. The van der Waals surface area contributed by atoms with Crippen molar-refractivity contribution in [2.45, 2.75) is 22.7 Å². The summed E-state index contributed by atoms with van der Waals surface area (Å²) in [5.74, 6) is 1.14. The molecule has 0 saturated heterocycles. The van der Waals surface area contributed by atoms with Crippen LogP contribution in [0, 0.1) is 0 Å². The molecule has 0 fully saturated rings. The maximum atomic E-state index is 5.74. The number of benzene rings is 1. The molecule has 0 saturated carbocycles. The molecule has 7 heteroatoms. The van der Waals surface area contributed by atoms with Gasteiger partial charge in [-0.25, -0.2) is 15.0 Å². The molecule has 0 aliphatic rings. The van der Waals surface area contributed by atoms with E-state index in [1.165, 1.54) is 23.3 Å². The molecule has 2 heterocycles. The molecule has 0 atom stereocenters. The zero-order valence-electron chi connectivity index (χ0n) is 10.2. The topological polar surface area (TPSA) is 77.6 Å². The summed E-state index contributed by atoms with van der Waals surface area (Å²) in [6, 6.07) is 7.81. The van der Waals surface area contributed by atoms with Crippen LogP contribution < -0.4 is 5.73 Å². The van der Waals surface area contributed by atoms with Crippen molar-refractivity contribution < 1.29 is 0 Å². The summed E-state index contributed by atoms with van der Waals surface area (Å²) >= 11 is 2.87. The molecule has 3 rings (SSSR count). The van der Waals surface area contributed by atoms with Gasteiger partial charge >= 0.3 is 0 Å². The molecule has 2 N–H and O–H groups in total. The van der Waals surface area contributed by atoms with Gasteiger partial charge in [-0.3, -0.25) is 0 Å². The Bertz CT molecular complexity index is 725. The smallest absolute Gasteiger partial charge is 0.221 e. The lowest BCUT2D eigenvalue weighted by atomic mass is 10.2. The normalized spacial score (nSPS) is 11.0. The van der Waals surface area contributed by atoms with Crippen LogP contribution in [0.5, 0.6) is 0 Å². The molecule has 0 aliphatic carbocycles. The Hall–Kier alpha value is -1.73. The number of rotatable bonds is 3. The van der Waals surface area contributed by atoms with Crippen LogP contribution in [0.3, 0.4) is 0 Å². The number of fused-ring (bicyclic) bond motifs is 1. The average molecular weight is 289 g/mol. The summed E-state index contributed by atoms with van der Waals surface area (Å²) < 4.78 is 5.14. The van der Waals surface area contributed by atoms with Crippen LogP contribution in [-0.2, 0) is 6.42 Å². The van der Waals surface area contributed by atoms with E-state index >= 15 is 0 Å². The zero-order valence-corrected chi connectivity index (χ0v) is 11.8. The predicted molar refractivity (Wildman–Crippen MR) is 77.4 cm³/mol. The predicted octanol–water partition coefficient (Wildman–Crippen LogP) is 2.78. The Kier molecular flexibility index (Phi) is 3.31. The van der Waals surface area contributed by atoms with Crippen molar-refractivity contribution in [2.24, 2.45) is 0 Å². The van der Waals surface area contributed by atoms with Gasteiger partial charge in [0.2, 0.25) is 5.95 Å². The minimum absolute atomic E-state index is 0.279. The van der Waals surface area contributed by atoms with Crippen LogP contribution in [0.2, 0.25) is 0 Å². The largest absolute Gasteiger partial charge is 0.368 e. The van der Waals surface area contributed by atoms with Crippen LogP contribution in [0.1, 0.15) is 12.7 Å². The van der Waals surface area contributed by atoms with Crippen molar-refractivity contribution in [3.8, 4) is 0 Å². The SMILES string of the molecule is CCc1nsc(Sc2nc(N)nc3ccccc23)n1. The summed E-state index contributed by atoms with van der Waals surface area (Å²) in [6.07, 6.45) is 0.837. The second kappa shape index (κ2) is 5.10. The van der Waals surface area contributed by atoms with E-state index in [4.69, 9.17) is 5.73 Å². The molecule has 2 aromatic heterocycles. The molecule has 3 aromatic rings. The van der Waals surface area contributed by atoms with Crippen LogP contribution in [-0.4, -0.2) is 19.3 Å².